The lowest BCUT2D eigenvalue weighted by atomic mass is 10.2. The smallest absolute Gasteiger partial charge is 0.329 e. The van der Waals surface area contributed by atoms with E-state index in [4.69, 9.17) is 4.74 Å². The van der Waals surface area contributed by atoms with Crippen molar-refractivity contribution in [2.75, 3.05) is 6.54 Å². The largest absolute Gasteiger partial charge is 0.451 e. The van der Waals surface area contributed by atoms with Gasteiger partial charge in [0, 0.05) is 13.1 Å². The third-order valence-corrected chi connectivity index (χ3v) is 4.02. The van der Waals surface area contributed by atoms with Crippen molar-refractivity contribution in [3.8, 4) is 0 Å². The number of para-hydroxylation sites is 2. The molecule has 0 saturated heterocycles. The number of hydrogen-bond acceptors (Lipinski definition) is 4. The normalized spacial score (nSPS) is 12.3. The molecule has 2 aromatic rings. The molecule has 1 heterocycles. The molecule has 26 heavy (non-hydrogen) atoms. The summed E-state index contributed by atoms with van der Waals surface area (Å²) < 4.78 is 8.25. The number of esters is 1. The van der Waals surface area contributed by atoms with Gasteiger partial charge in [0.2, 0.25) is 0 Å². The Morgan fingerprint density at radius 3 is 2.31 bits per heavy atom. The number of rotatable bonds is 8. The molecule has 7 heteroatoms. The van der Waals surface area contributed by atoms with Gasteiger partial charge in [-0.15, -0.1) is 0 Å². The van der Waals surface area contributed by atoms with Gasteiger partial charge in [-0.05, 0) is 31.4 Å². The number of amides is 1. The van der Waals surface area contributed by atoms with E-state index in [2.05, 4.69) is 5.32 Å². The summed E-state index contributed by atoms with van der Waals surface area (Å²) in [6.07, 6.45) is -0.0910. The molecular weight excluding hydrogens is 334 g/mol. The van der Waals surface area contributed by atoms with Crippen LogP contribution in [0.15, 0.2) is 29.1 Å². The topological polar surface area (TPSA) is 82.3 Å². The van der Waals surface area contributed by atoms with Crippen LogP contribution in [-0.4, -0.2) is 33.7 Å². The standard InChI is InChI=1S/C19H27N3O4/c1-5-10-21-15-8-6-7-9-16(15)22(19(21)25)12-17(23)26-14(4)18(24)20-11-13(2)3/h6-9,13-14H,5,10-12H2,1-4H3,(H,20,24). The van der Waals surface area contributed by atoms with Crippen molar-refractivity contribution < 1.29 is 14.3 Å². The van der Waals surface area contributed by atoms with Crippen LogP contribution in [0.4, 0.5) is 0 Å². The Labute approximate surface area is 152 Å². The Morgan fingerprint density at radius 2 is 1.73 bits per heavy atom. The molecule has 1 N–H and O–H groups in total. The van der Waals surface area contributed by atoms with Crippen LogP contribution in [0.2, 0.25) is 0 Å². The molecular formula is C19H27N3O4. The predicted molar refractivity (Wildman–Crippen MR) is 99.9 cm³/mol. The molecule has 1 unspecified atom stereocenters. The number of imidazole rings is 1. The average molecular weight is 361 g/mol. The van der Waals surface area contributed by atoms with E-state index in [1.54, 1.807) is 10.6 Å². The fourth-order valence-corrected chi connectivity index (χ4v) is 2.73. The zero-order chi connectivity index (χ0) is 19.3. The van der Waals surface area contributed by atoms with E-state index >= 15 is 0 Å². The molecule has 0 aliphatic heterocycles. The number of hydrogen-bond donors (Lipinski definition) is 1. The lowest BCUT2D eigenvalue weighted by Gasteiger charge is -2.14. The number of aryl methyl sites for hydroxylation is 1. The maximum Gasteiger partial charge on any atom is 0.329 e. The Balaban J connectivity index is 2.13. The van der Waals surface area contributed by atoms with Crippen LogP contribution < -0.4 is 11.0 Å². The van der Waals surface area contributed by atoms with E-state index in [9.17, 15) is 14.4 Å². The first-order valence-electron chi connectivity index (χ1n) is 9.00. The summed E-state index contributed by atoms with van der Waals surface area (Å²) in [5, 5.41) is 2.72. The van der Waals surface area contributed by atoms with Crippen LogP contribution in [0.3, 0.4) is 0 Å². The summed E-state index contributed by atoms with van der Waals surface area (Å²) in [5.74, 6) is -0.642. The molecule has 0 radical (unpaired) electrons. The third kappa shape index (κ3) is 4.53. The zero-order valence-electron chi connectivity index (χ0n) is 15.8. The number of nitrogens with zero attached hydrogens (tertiary/aromatic N) is 2. The monoisotopic (exact) mass is 361 g/mol. The van der Waals surface area contributed by atoms with Crippen molar-refractivity contribution in [2.45, 2.75) is 53.3 Å². The van der Waals surface area contributed by atoms with Gasteiger partial charge in [-0.3, -0.25) is 18.7 Å². The second-order valence-electron chi connectivity index (χ2n) is 6.78. The SMILES string of the molecule is CCCn1c(=O)n(CC(=O)OC(C)C(=O)NCC(C)C)c2ccccc21. The summed E-state index contributed by atoms with van der Waals surface area (Å²) >= 11 is 0. The van der Waals surface area contributed by atoms with Crippen LogP contribution in [0.1, 0.15) is 34.1 Å². The van der Waals surface area contributed by atoms with E-state index in [-0.39, 0.29) is 18.1 Å². The molecule has 0 spiro atoms. The molecule has 0 aliphatic rings. The highest BCUT2D eigenvalue weighted by atomic mass is 16.5. The predicted octanol–water partition coefficient (Wildman–Crippen LogP) is 1.92. The van der Waals surface area contributed by atoms with Crippen molar-refractivity contribution >= 4 is 22.9 Å². The van der Waals surface area contributed by atoms with Crippen molar-refractivity contribution in [2.24, 2.45) is 5.92 Å². The summed E-state index contributed by atoms with van der Waals surface area (Å²) in [6.45, 7) is 8.35. The molecule has 1 amide bonds. The minimum Gasteiger partial charge on any atom is -0.451 e. The van der Waals surface area contributed by atoms with Crippen molar-refractivity contribution in [3.05, 3.63) is 34.7 Å². The average Bonchev–Trinajstić information content (AvgIpc) is 2.85. The van der Waals surface area contributed by atoms with E-state index in [1.807, 2.05) is 39.0 Å². The maximum atomic E-state index is 12.6. The number of aromatic nitrogens is 2. The number of carbonyl (C=O) groups excluding carboxylic acids is 2. The van der Waals surface area contributed by atoms with Gasteiger partial charge in [0.25, 0.3) is 5.91 Å². The van der Waals surface area contributed by atoms with E-state index in [1.165, 1.54) is 11.5 Å². The Kier molecular flexibility index (Phi) is 6.60. The number of carbonyl (C=O) groups is 2. The summed E-state index contributed by atoms with van der Waals surface area (Å²) in [4.78, 5) is 36.9. The Hall–Kier alpha value is -2.57. The van der Waals surface area contributed by atoms with Crippen LogP contribution in [0.5, 0.6) is 0 Å². The Morgan fingerprint density at radius 1 is 1.12 bits per heavy atom. The number of benzene rings is 1. The molecule has 142 valence electrons. The molecule has 1 aromatic carbocycles. The lowest BCUT2D eigenvalue weighted by molar-refractivity contribution is -0.155. The van der Waals surface area contributed by atoms with E-state index < -0.39 is 12.1 Å². The van der Waals surface area contributed by atoms with Gasteiger partial charge in [0.15, 0.2) is 6.10 Å². The first kappa shape index (κ1) is 19.8. The highest BCUT2D eigenvalue weighted by molar-refractivity contribution is 5.84. The highest BCUT2D eigenvalue weighted by Gasteiger charge is 2.20. The summed E-state index contributed by atoms with van der Waals surface area (Å²) in [7, 11) is 0. The quantitative estimate of drug-likeness (QED) is 0.728. The fourth-order valence-electron chi connectivity index (χ4n) is 2.73. The number of nitrogens with one attached hydrogen (secondary N) is 1. The van der Waals surface area contributed by atoms with Crippen molar-refractivity contribution in [1.29, 1.82) is 0 Å². The number of ether oxygens (including phenoxy) is 1. The van der Waals surface area contributed by atoms with Gasteiger partial charge < -0.3 is 10.1 Å². The zero-order valence-corrected chi connectivity index (χ0v) is 15.8. The van der Waals surface area contributed by atoms with Gasteiger partial charge in [0.1, 0.15) is 6.54 Å². The maximum absolute atomic E-state index is 12.6. The molecule has 0 bridgehead atoms. The molecule has 1 aromatic heterocycles. The van der Waals surface area contributed by atoms with Crippen LogP contribution >= 0.6 is 0 Å². The van der Waals surface area contributed by atoms with Gasteiger partial charge in [0.05, 0.1) is 11.0 Å². The lowest BCUT2D eigenvalue weighted by Crippen LogP contribution is -2.38. The Bertz CT molecular complexity index is 835. The van der Waals surface area contributed by atoms with Crippen LogP contribution in [-0.2, 0) is 27.4 Å². The first-order chi connectivity index (χ1) is 12.3. The molecule has 7 nitrogen and oxygen atoms in total. The van der Waals surface area contributed by atoms with Crippen molar-refractivity contribution in [1.82, 2.24) is 14.5 Å². The summed E-state index contributed by atoms with van der Waals surface area (Å²) in [5.41, 5.74) is 1.22. The van der Waals surface area contributed by atoms with E-state index in [0.29, 0.717) is 24.5 Å². The third-order valence-electron chi connectivity index (χ3n) is 4.02. The van der Waals surface area contributed by atoms with Crippen LogP contribution in [0, 0.1) is 5.92 Å². The minimum atomic E-state index is -0.902. The van der Waals surface area contributed by atoms with Gasteiger partial charge >= 0.3 is 11.7 Å². The number of fused-ring (bicyclic) bond motifs is 1. The van der Waals surface area contributed by atoms with Gasteiger partial charge in [-0.2, -0.15) is 0 Å². The van der Waals surface area contributed by atoms with Gasteiger partial charge in [-0.25, -0.2) is 4.79 Å². The van der Waals surface area contributed by atoms with Crippen LogP contribution in [0.25, 0.3) is 11.0 Å². The van der Waals surface area contributed by atoms with E-state index in [0.717, 1.165) is 11.9 Å². The first-order valence-corrected chi connectivity index (χ1v) is 9.00. The van der Waals surface area contributed by atoms with Crippen molar-refractivity contribution in [3.63, 3.8) is 0 Å². The molecule has 2 rings (SSSR count). The molecule has 0 aliphatic carbocycles. The molecule has 0 saturated carbocycles. The molecule has 1 atom stereocenters. The second-order valence-corrected chi connectivity index (χ2v) is 6.78. The minimum absolute atomic E-state index is 0.224. The summed E-state index contributed by atoms with van der Waals surface area (Å²) in [6, 6.07) is 7.34. The fraction of sp³-hybridized carbons (Fsp3) is 0.526. The highest BCUT2D eigenvalue weighted by Crippen LogP contribution is 2.13. The molecule has 0 fully saturated rings. The second kappa shape index (κ2) is 8.69. The van der Waals surface area contributed by atoms with Gasteiger partial charge in [-0.1, -0.05) is 32.9 Å².